The summed E-state index contributed by atoms with van der Waals surface area (Å²) in [5.41, 5.74) is 2.52. The maximum atomic E-state index is 12.5. The molecule has 0 fully saturated rings. The Bertz CT molecular complexity index is 1040. The van der Waals surface area contributed by atoms with Crippen LogP contribution in [0.5, 0.6) is 0 Å². The zero-order valence-electron chi connectivity index (χ0n) is 12.4. The summed E-state index contributed by atoms with van der Waals surface area (Å²) in [6.07, 6.45) is 3.48. The third kappa shape index (κ3) is 2.42. The monoisotopic (exact) mass is 303 g/mol. The molecule has 0 bridgehead atoms. The lowest BCUT2D eigenvalue weighted by Gasteiger charge is -2.06. The second kappa shape index (κ2) is 5.21. The molecule has 1 N–H and O–H groups in total. The second-order valence-corrected chi connectivity index (χ2v) is 5.28. The highest BCUT2D eigenvalue weighted by Crippen LogP contribution is 2.24. The van der Waals surface area contributed by atoms with Gasteiger partial charge in [0.2, 0.25) is 0 Å². The fourth-order valence-electron chi connectivity index (χ4n) is 2.58. The van der Waals surface area contributed by atoms with E-state index < -0.39 is 0 Å². The Morgan fingerprint density at radius 2 is 2.04 bits per heavy atom. The van der Waals surface area contributed by atoms with E-state index in [1.165, 1.54) is 0 Å². The van der Waals surface area contributed by atoms with Crippen LogP contribution in [0.2, 0.25) is 0 Å². The number of aromatic nitrogens is 2. The van der Waals surface area contributed by atoms with Gasteiger partial charge in [-0.05, 0) is 35.7 Å². The molecule has 4 aromatic rings. The first-order chi connectivity index (χ1) is 11.2. The molecule has 0 spiro atoms. The summed E-state index contributed by atoms with van der Waals surface area (Å²) in [7, 11) is 0. The second-order valence-electron chi connectivity index (χ2n) is 5.28. The standard InChI is InChI=1S/C18H13N3O2/c1-11-20-17-15(3-2-4-16(17)23-11)21-18(22)13-6-5-12-7-8-19-10-14(12)9-13/h2-10H,1H3,(H,21,22). The fraction of sp³-hybridized carbons (Fsp3) is 0.0556. The minimum atomic E-state index is -0.191. The number of carbonyl (C=O) groups excluding carboxylic acids is 1. The van der Waals surface area contributed by atoms with Crippen molar-refractivity contribution in [3.63, 3.8) is 0 Å². The SMILES string of the molecule is Cc1nc2c(NC(=O)c3ccc4ccncc4c3)cccc2o1. The average molecular weight is 303 g/mol. The zero-order valence-corrected chi connectivity index (χ0v) is 12.4. The van der Waals surface area contributed by atoms with E-state index in [9.17, 15) is 4.79 Å². The Hall–Kier alpha value is -3.21. The number of nitrogens with zero attached hydrogens (tertiary/aromatic N) is 2. The maximum Gasteiger partial charge on any atom is 0.255 e. The first kappa shape index (κ1) is 13.5. The van der Waals surface area contributed by atoms with Crippen LogP contribution in [0.15, 0.2) is 59.3 Å². The van der Waals surface area contributed by atoms with Gasteiger partial charge in [0.25, 0.3) is 5.91 Å². The summed E-state index contributed by atoms with van der Waals surface area (Å²) in [6.45, 7) is 1.78. The molecular formula is C18H13N3O2. The number of pyridine rings is 1. The van der Waals surface area contributed by atoms with E-state index in [1.807, 2.05) is 36.4 Å². The normalized spacial score (nSPS) is 11.0. The smallest absolute Gasteiger partial charge is 0.255 e. The van der Waals surface area contributed by atoms with Crippen LogP contribution in [0.1, 0.15) is 16.2 Å². The highest BCUT2D eigenvalue weighted by atomic mass is 16.3. The molecular weight excluding hydrogens is 290 g/mol. The number of fused-ring (bicyclic) bond motifs is 2. The Kier molecular flexibility index (Phi) is 3.05. The largest absolute Gasteiger partial charge is 0.441 e. The molecule has 5 nitrogen and oxygen atoms in total. The molecule has 0 radical (unpaired) electrons. The summed E-state index contributed by atoms with van der Waals surface area (Å²) in [4.78, 5) is 20.9. The predicted octanol–water partition coefficient (Wildman–Crippen LogP) is 3.94. The third-order valence-electron chi connectivity index (χ3n) is 3.68. The molecule has 1 amide bonds. The van der Waals surface area contributed by atoms with E-state index in [0.29, 0.717) is 28.2 Å². The molecule has 4 rings (SSSR count). The zero-order chi connectivity index (χ0) is 15.8. The number of hydrogen-bond donors (Lipinski definition) is 1. The number of benzene rings is 2. The molecule has 23 heavy (non-hydrogen) atoms. The lowest BCUT2D eigenvalue weighted by atomic mass is 10.1. The van der Waals surface area contributed by atoms with E-state index in [0.717, 1.165) is 10.8 Å². The van der Waals surface area contributed by atoms with E-state index in [-0.39, 0.29) is 5.91 Å². The topological polar surface area (TPSA) is 68.0 Å². The lowest BCUT2D eigenvalue weighted by molar-refractivity contribution is 0.102. The van der Waals surface area contributed by atoms with E-state index in [2.05, 4.69) is 15.3 Å². The molecule has 0 saturated carbocycles. The summed E-state index contributed by atoms with van der Waals surface area (Å²) >= 11 is 0. The van der Waals surface area contributed by atoms with Crippen molar-refractivity contribution in [3.05, 3.63) is 66.3 Å². The van der Waals surface area contributed by atoms with Gasteiger partial charge in [-0.2, -0.15) is 0 Å². The third-order valence-corrected chi connectivity index (χ3v) is 3.68. The van der Waals surface area contributed by atoms with Crippen molar-refractivity contribution in [2.45, 2.75) is 6.92 Å². The summed E-state index contributed by atoms with van der Waals surface area (Å²) < 4.78 is 5.48. The van der Waals surface area contributed by atoms with Gasteiger partial charge >= 0.3 is 0 Å². The molecule has 2 heterocycles. The number of amides is 1. The van der Waals surface area contributed by atoms with Gasteiger partial charge in [0.05, 0.1) is 5.69 Å². The van der Waals surface area contributed by atoms with Crippen LogP contribution < -0.4 is 5.32 Å². The highest BCUT2D eigenvalue weighted by Gasteiger charge is 2.12. The average Bonchev–Trinajstić information content (AvgIpc) is 2.95. The Labute approximate surface area is 132 Å². The van der Waals surface area contributed by atoms with Gasteiger partial charge in [-0.1, -0.05) is 12.1 Å². The number of hydrogen-bond acceptors (Lipinski definition) is 4. The molecule has 0 saturated heterocycles. The molecule has 0 aliphatic heterocycles. The minimum Gasteiger partial charge on any atom is -0.441 e. The maximum absolute atomic E-state index is 12.5. The molecule has 5 heteroatoms. The van der Waals surface area contributed by atoms with Gasteiger partial charge in [-0.25, -0.2) is 4.98 Å². The van der Waals surface area contributed by atoms with Crippen molar-refractivity contribution >= 4 is 33.5 Å². The Morgan fingerprint density at radius 1 is 1.13 bits per heavy atom. The van der Waals surface area contributed by atoms with E-state index in [1.54, 1.807) is 25.4 Å². The molecule has 2 aromatic carbocycles. The van der Waals surface area contributed by atoms with Crippen LogP contribution >= 0.6 is 0 Å². The van der Waals surface area contributed by atoms with E-state index in [4.69, 9.17) is 4.42 Å². The van der Waals surface area contributed by atoms with Gasteiger partial charge in [0, 0.05) is 30.3 Å². The summed E-state index contributed by atoms with van der Waals surface area (Å²) in [5.74, 6) is 0.377. The first-order valence-corrected chi connectivity index (χ1v) is 7.22. The number of carbonyl (C=O) groups is 1. The van der Waals surface area contributed by atoms with Crippen molar-refractivity contribution in [1.29, 1.82) is 0 Å². The number of rotatable bonds is 2. The minimum absolute atomic E-state index is 0.191. The number of oxazole rings is 1. The quantitative estimate of drug-likeness (QED) is 0.609. The van der Waals surface area contributed by atoms with Crippen LogP contribution in [0.4, 0.5) is 5.69 Å². The number of aryl methyl sites for hydroxylation is 1. The van der Waals surface area contributed by atoms with Gasteiger partial charge in [-0.3, -0.25) is 9.78 Å². The Balaban J connectivity index is 1.70. The molecule has 0 atom stereocenters. The van der Waals surface area contributed by atoms with Crippen molar-refractivity contribution in [2.75, 3.05) is 5.32 Å². The van der Waals surface area contributed by atoms with Crippen molar-refractivity contribution in [2.24, 2.45) is 0 Å². The number of anilines is 1. The van der Waals surface area contributed by atoms with Crippen LogP contribution in [0, 0.1) is 6.92 Å². The van der Waals surface area contributed by atoms with Crippen LogP contribution in [-0.2, 0) is 0 Å². The first-order valence-electron chi connectivity index (χ1n) is 7.22. The molecule has 2 aromatic heterocycles. The van der Waals surface area contributed by atoms with Crippen molar-refractivity contribution in [3.8, 4) is 0 Å². The van der Waals surface area contributed by atoms with Crippen molar-refractivity contribution < 1.29 is 9.21 Å². The van der Waals surface area contributed by atoms with Gasteiger partial charge in [0.15, 0.2) is 11.5 Å². The van der Waals surface area contributed by atoms with Gasteiger partial charge in [0.1, 0.15) is 5.52 Å². The number of nitrogens with one attached hydrogen (secondary N) is 1. The summed E-state index contributed by atoms with van der Waals surface area (Å²) in [5, 5.41) is 4.87. The van der Waals surface area contributed by atoms with Crippen LogP contribution in [0.3, 0.4) is 0 Å². The Morgan fingerprint density at radius 3 is 2.96 bits per heavy atom. The molecule has 0 unspecified atom stereocenters. The van der Waals surface area contributed by atoms with Gasteiger partial charge < -0.3 is 9.73 Å². The van der Waals surface area contributed by atoms with Gasteiger partial charge in [-0.15, -0.1) is 0 Å². The van der Waals surface area contributed by atoms with Crippen LogP contribution in [0.25, 0.3) is 21.9 Å². The van der Waals surface area contributed by atoms with Crippen molar-refractivity contribution in [1.82, 2.24) is 9.97 Å². The molecule has 0 aliphatic rings. The number of para-hydroxylation sites is 1. The van der Waals surface area contributed by atoms with Crippen LogP contribution in [-0.4, -0.2) is 15.9 Å². The van der Waals surface area contributed by atoms with E-state index >= 15 is 0 Å². The summed E-state index contributed by atoms with van der Waals surface area (Å²) in [6, 6.07) is 12.9. The highest BCUT2D eigenvalue weighted by molar-refractivity contribution is 6.09. The fourth-order valence-corrected chi connectivity index (χ4v) is 2.58. The lowest BCUT2D eigenvalue weighted by Crippen LogP contribution is -2.12. The molecule has 0 aliphatic carbocycles. The molecule has 112 valence electrons. The predicted molar refractivity (Wildman–Crippen MR) is 88.4 cm³/mol.